The molecule has 1 amide bonds. The lowest BCUT2D eigenvalue weighted by Gasteiger charge is -2.29. The zero-order valence-corrected chi connectivity index (χ0v) is 15.9. The molecule has 148 valence electrons. The number of Topliss-reactive ketones (excluding diaryl/α,β-unsaturated/α-hetero) is 1. The molecule has 1 aliphatic heterocycles. The third-order valence-electron chi connectivity index (χ3n) is 5.01. The van der Waals surface area contributed by atoms with Gasteiger partial charge >= 0.3 is 5.97 Å². The van der Waals surface area contributed by atoms with Crippen molar-refractivity contribution in [2.75, 3.05) is 38.7 Å². The molecule has 0 radical (unpaired) electrons. The first-order valence-corrected chi connectivity index (χ1v) is 9.31. The molecule has 29 heavy (non-hydrogen) atoms. The van der Waals surface area contributed by atoms with Gasteiger partial charge in [-0.2, -0.15) is 0 Å². The number of amides is 1. The first-order valence-electron chi connectivity index (χ1n) is 9.31. The number of methoxy groups -OCH3 is 1. The number of carbonyl (C=O) groups is 3. The molecule has 0 spiro atoms. The Labute approximate surface area is 167 Å². The van der Waals surface area contributed by atoms with Gasteiger partial charge in [-0.3, -0.25) is 9.59 Å². The first kappa shape index (κ1) is 18.9. The first-order chi connectivity index (χ1) is 14.1. The fourth-order valence-corrected chi connectivity index (χ4v) is 3.59. The second-order valence-corrected chi connectivity index (χ2v) is 6.72. The number of fused-ring (bicyclic) bond motifs is 1. The summed E-state index contributed by atoms with van der Waals surface area (Å²) < 4.78 is 10.1. The van der Waals surface area contributed by atoms with Crippen LogP contribution < -0.4 is 5.32 Å². The standard InChI is InChI=1S/C22H20N2O5/c1-28-22(27)14-6-8-15(9-7-14)23-21(26)18-16-4-2-3-5-17(16)20(25)19(18)24-10-12-29-13-11-24/h2-9H,10-13H2,1H3,(H,23,26). The summed E-state index contributed by atoms with van der Waals surface area (Å²) in [6.07, 6.45) is 0. The summed E-state index contributed by atoms with van der Waals surface area (Å²) in [5.41, 5.74) is 2.85. The summed E-state index contributed by atoms with van der Waals surface area (Å²) in [6, 6.07) is 13.5. The molecule has 0 unspecified atom stereocenters. The van der Waals surface area contributed by atoms with Crippen LogP contribution >= 0.6 is 0 Å². The predicted molar refractivity (Wildman–Crippen MR) is 106 cm³/mol. The Balaban J connectivity index is 1.67. The van der Waals surface area contributed by atoms with Gasteiger partial charge in [0.15, 0.2) is 0 Å². The van der Waals surface area contributed by atoms with E-state index in [0.29, 0.717) is 60.0 Å². The van der Waals surface area contributed by atoms with Crippen molar-refractivity contribution in [3.63, 3.8) is 0 Å². The molecule has 0 atom stereocenters. The van der Waals surface area contributed by atoms with Crippen LogP contribution in [0.4, 0.5) is 5.69 Å². The topological polar surface area (TPSA) is 84.9 Å². The van der Waals surface area contributed by atoms with Crippen LogP contribution in [0.5, 0.6) is 0 Å². The number of rotatable bonds is 4. The van der Waals surface area contributed by atoms with Crippen molar-refractivity contribution in [3.05, 3.63) is 70.9 Å². The van der Waals surface area contributed by atoms with Gasteiger partial charge in [0.1, 0.15) is 0 Å². The van der Waals surface area contributed by atoms with Crippen molar-refractivity contribution < 1.29 is 23.9 Å². The third-order valence-corrected chi connectivity index (χ3v) is 5.01. The zero-order chi connectivity index (χ0) is 20.4. The highest BCUT2D eigenvalue weighted by Crippen LogP contribution is 2.35. The molecule has 2 aromatic carbocycles. The molecule has 0 aromatic heterocycles. The molecule has 0 bridgehead atoms. The molecule has 1 aliphatic carbocycles. The fraction of sp³-hybridized carbons (Fsp3) is 0.227. The molecule has 1 heterocycles. The minimum Gasteiger partial charge on any atom is -0.465 e. The van der Waals surface area contributed by atoms with E-state index in [4.69, 9.17) is 4.74 Å². The lowest BCUT2D eigenvalue weighted by atomic mass is 10.0. The van der Waals surface area contributed by atoms with Crippen LogP contribution in [-0.2, 0) is 14.3 Å². The number of benzene rings is 2. The van der Waals surface area contributed by atoms with Crippen LogP contribution in [0.15, 0.2) is 54.2 Å². The van der Waals surface area contributed by atoms with Gasteiger partial charge in [0.25, 0.3) is 5.91 Å². The monoisotopic (exact) mass is 392 g/mol. The normalized spacial score (nSPS) is 15.9. The Morgan fingerprint density at radius 3 is 2.31 bits per heavy atom. The summed E-state index contributed by atoms with van der Waals surface area (Å²) in [4.78, 5) is 39.7. The van der Waals surface area contributed by atoms with E-state index in [1.54, 1.807) is 42.5 Å². The van der Waals surface area contributed by atoms with E-state index >= 15 is 0 Å². The molecule has 2 aliphatic rings. The van der Waals surface area contributed by atoms with E-state index in [2.05, 4.69) is 10.1 Å². The van der Waals surface area contributed by atoms with Crippen LogP contribution in [-0.4, -0.2) is 56.0 Å². The molecule has 1 fully saturated rings. The van der Waals surface area contributed by atoms with Crippen LogP contribution in [0.2, 0.25) is 0 Å². The van der Waals surface area contributed by atoms with Gasteiger partial charge in [0.2, 0.25) is 5.78 Å². The van der Waals surface area contributed by atoms with Crippen molar-refractivity contribution >= 4 is 28.9 Å². The molecule has 7 heteroatoms. The van der Waals surface area contributed by atoms with Gasteiger partial charge in [0, 0.05) is 29.9 Å². The maximum absolute atomic E-state index is 13.2. The summed E-state index contributed by atoms with van der Waals surface area (Å²) >= 11 is 0. The number of morpholine rings is 1. The number of carbonyl (C=O) groups excluding carboxylic acids is 3. The SMILES string of the molecule is COC(=O)c1ccc(NC(=O)C2=C(N3CCOCC3)C(=O)c3ccccc32)cc1. The zero-order valence-electron chi connectivity index (χ0n) is 15.9. The number of nitrogens with one attached hydrogen (secondary N) is 1. The van der Waals surface area contributed by atoms with Crippen LogP contribution in [0.25, 0.3) is 5.57 Å². The van der Waals surface area contributed by atoms with Crippen molar-refractivity contribution in [3.8, 4) is 0 Å². The van der Waals surface area contributed by atoms with E-state index in [0.717, 1.165) is 0 Å². The summed E-state index contributed by atoms with van der Waals surface area (Å²) in [5, 5.41) is 2.84. The largest absolute Gasteiger partial charge is 0.465 e. The smallest absolute Gasteiger partial charge is 0.337 e. The van der Waals surface area contributed by atoms with Gasteiger partial charge in [-0.05, 0) is 24.3 Å². The highest BCUT2D eigenvalue weighted by molar-refractivity contribution is 6.37. The number of hydrogen-bond acceptors (Lipinski definition) is 6. The quantitative estimate of drug-likeness (QED) is 0.804. The predicted octanol–water partition coefficient (Wildman–Crippen LogP) is 2.35. The maximum atomic E-state index is 13.2. The Bertz CT molecular complexity index is 1000. The van der Waals surface area contributed by atoms with Crippen LogP contribution in [0.1, 0.15) is 26.3 Å². The Morgan fingerprint density at radius 1 is 1.00 bits per heavy atom. The lowest BCUT2D eigenvalue weighted by molar-refractivity contribution is -0.111. The van der Waals surface area contributed by atoms with Crippen molar-refractivity contribution in [2.45, 2.75) is 0 Å². The average molecular weight is 392 g/mol. The molecule has 4 rings (SSSR count). The fourth-order valence-electron chi connectivity index (χ4n) is 3.59. The summed E-state index contributed by atoms with van der Waals surface area (Å²) in [7, 11) is 1.31. The van der Waals surface area contributed by atoms with E-state index < -0.39 is 5.97 Å². The molecule has 2 aromatic rings. The second-order valence-electron chi connectivity index (χ2n) is 6.72. The van der Waals surface area contributed by atoms with Crippen molar-refractivity contribution in [2.24, 2.45) is 0 Å². The van der Waals surface area contributed by atoms with Gasteiger partial charge in [-0.25, -0.2) is 4.79 Å². The van der Waals surface area contributed by atoms with Crippen LogP contribution in [0.3, 0.4) is 0 Å². The number of hydrogen-bond donors (Lipinski definition) is 1. The Hall–Kier alpha value is -3.45. The van der Waals surface area contributed by atoms with Gasteiger partial charge < -0.3 is 19.7 Å². The minimum absolute atomic E-state index is 0.145. The van der Waals surface area contributed by atoms with Crippen molar-refractivity contribution in [1.29, 1.82) is 0 Å². The number of ether oxygens (including phenoxy) is 2. The minimum atomic E-state index is -0.449. The number of allylic oxidation sites excluding steroid dienone is 1. The van der Waals surface area contributed by atoms with E-state index in [1.165, 1.54) is 7.11 Å². The van der Waals surface area contributed by atoms with Gasteiger partial charge in [-0.1, -0.05) is 24.3 Å². The Kier molecular flexibility index (Phi) is 5.14. The highest BCUT2D eigenvalue weighted by atomic mass is 16.5. The lowest BCUT2D eigenvalue weighted by Crippen LogP contribution is -2.38. The van der Waals surface area contributed by atoms with Crippen LogP contribution in [0, 0.1) is 0 Å². The van der Waals surface area contributed by atoms with Gasteiger partial charge in [0.05, 0.1) is 37.2 Å². The second kappa shape index (κ2) is 7.89. The summed E-state index contributed by atoms with van der Waals surface area (Å²) in [6.45, 7) is 2.13. The molecular formula is C22H20N2O5. The highest BCUT2D eigenvalue weighted by Gasteiger charge is 2.36. The third kappa shape index (κ3) is 3.52. The summed E-state index contributed by atoms with van der Waals surface area (Å²) in [5.74, 6) is -0.959. The maximum Gasteiger partial charge on any atom is 0.337 e. The van der Waals surface area contributed by atoms with E-state index in [1.807, 2.05) is 11.0 Å². The molecule has 1 saturated heterocycles. The molecular weight excluding hydrogens is 372 g/mol. The average Bonchev–Trinajstić information content (AvgIpc) is 3.07. The van der Waals surface area contributed by atoms with E-state index in [9.17, 15) is 14.4 Å². The number of anilines is 1. The Morgan fingerprint density at radius 2 is 1.66 bits per heavy atom. The van der Waals surface area contributed by atoms with E-state index in [-0.39, 0.29) is 11.7 Å². The van der Waals surface area contributed by atoms with Crippen molar-refractivity contribution in [1.82, 2.24) is 4.90 Å². The van der Waals surface area contributed by atoms with Gasteiger partial charge in [-0.15, -0.1) is 0 Å². The molecule has 7 nitrogen and oxygen atoms in total. The number of ketones is 1. The molecule has 0 saturated carbocycles. The number of esters is 1. The number of nitrogens with zero attached hydrogens (tertiary/aromatic N) is 1. The molecule has 1 N–H and O–H groups in total.